The number of morpholine rings is 1. The highest BCUT2D eigenvalue weighted by atomic mass is 32.1. The van der Waals surface area contributed by atoms with Crippen LogP contribution in [-0.2, 0) is 30.4 Å². The molecule has 2 aromatic rings. The lowest BCUT2D eigenvalue weighted by molar-refractivity contribution is -0.157. The van der Waals surface area contributed by atoms with E-state index in [-0.39, 0.29) is 44.5 Å². The van der Waals surface area contributed by atoms with Gasteiger partial charge in [-0.2, -0.15) is 0 Å². The van der Waals surface area contributed by atoms with E-state index in [4.69, 9.17) is 9.47 Å². The summed E-state index contributed by atoms with van der Waals surface area (Å²) in [6, 6.07) is 6.20. The van der Waals surface area contributed by atoms with Crippen LogP contribution in [0.2, 0.25) is 0 Å². The van der Waals surface area contributed by atoms with Crippen LogP contribution < -0.4 is 5.32 Å². The van der Waals surface area contributed by atoms with Crippen molar-refractivity contribution in [3.05, 3.63) is 41.0 Å². The van der Waals surface area contributed by atoms with Gasteiger partial charge in [-0.1, -0.05) is 24.3 Å². The van der Waals surface area contributed by atoms with E-state index in [1.807, 2.05) is 36.7 Å². The van der Waals surface area contributed by atoms with Crippen molar-refractivity contribution in [2.45, 2.75) is 38.1 Å². The lowest BCUT2D eigenvalue weighted by Crippen LogP contribution is -2.59. The fourth-order valence-corrected chi connectivity index (χ4v) is 5.28. The summed E-state index contributed by atoms with van der Waals surface area (Å²) in [6.07, 6.45) is -0.676. The fourth-order valence-electron chi connectivity index (χ4n) is 4.47. The Balaban J connectivity index is 1.40. The number of aliphatic hydroxyl groups excluding tert-OH is 1. The number of aryl methyl sites for hydroxylation is 1. The molecule has 0 radical (unpaired) electrons. The molecule has 0 bridgehead atoms. The first-order chi connectivity index (χ1) is 16.9. The van der Waals surface area contributed by atoms with Gasteiger partial charge in [-0.05, 0) is 18.1 Å². The Morgan fingerprint density at radius 2 is 2.00 bits per heavy atom. The van der Waals surface area contributed by atoms with Crippen LogP contribution >= 0.6 is 11.3 Å². The molecule has 35 heavy (non-hydrogen) atoms. The number of carbonyl (C=O) groups is 3. The Hall–Kier alpha value is -2.86. The minimum Gasteiger partial charge on any atom is -0.391 e. The molecule has 4 rings (SSSR count). The molecule has 3 amide bonds. The number of nitrogens with one attached hydrogen (secondary N) is 1. The van der Waals surface area contributed by atoms with Gasteiger partial charge < -0.3 is 29.7 Å². The topological polar surface area (TPSA) is 121 Å². The number of rotatable bonds is 7. The summed E-state index contributed by atoms with van der Waals surface area (Å²) in [5, 5.41) is 13.1. The largest absolute Gasteiger partial charge is 0.391 e. The Morgan fingerprint density at radius 3 is 2.69 bits per heavy atom. The number of amides is 3. The maximum absolute atomic E-state index is 13.3. The average molecular weight is 503 g/mol. The van der Waals surface area contributed by atoms with Gasteiger partial charge in [0, 0.05) is 33.2 Å². The first-order valence-electron chi connectivity index (χ1n) is 11.5. The molecule has 2 aliphatic rings. The first-order valence-corrected chi connectivity index (χ1v) is 12.4. The van der Waals surface area contributed by atoms with Crippen LogP contribution in [0.3, 0.4) is 0 Å². The summed E-state index contributed by atoms with van der Waals surface area (Å²) in [4.78, 5) is 47.0. The van der Waals surface area contributed by atoms with Gasteiger partial charge in [0.05, 0.1) is 35.4 Å². The van der Waals surface area contributed by atoms with Crippen LogP contribution in [0.15, 0.2) is 29.8 Å². The Labute approximate surface area is 207 Å². The number of benzene rings is 1. The second kappa shape index (κ2) is 11.3. The molecule has 3 atom stereocenters. The molecule has 1 aromatic heterocycles. The van der Waals surface area contributed by atoms with Crippen molar-refractivity contribution in [2.24, 2.45) is 0 Å². The second-order valence-electron chi connectivity index (χ2n) is 8.69. The van der Waals surface area contributed by atoms with Crippen molar-refractivity contribution >= 4 is 29.1 Å². The number of nitrogens with zero attached hydrogens (tertiary/aromatic N) is 3. The smallest absolute Gasteiger partial charge is 0.249 e. The summed E-state index contributed by atoms with van der Waals surface area (Å²) >= 11 is 1.58. The number of methoxy groups -OCH3 is 1. The van der Waals surface area contributed by atoms with Gasteiger partial charge >= 0.3 is 0 Å². The Morgan fingerprint density at radius 1 is 1.23 bits per heavy atom. The molecule has 11 heteroatoms. The Kier molecular flexibility index (Phi) is 8.11. The van der Waals surface area contributed by atoms with E-state index in [1.54, 1.807) is 11.3 Å². The van der Waals surface area contributed by atoms with Crippen LogP contribution in [0.1, 0.15) is 17.7 Å². The molecule has 0 saturated carbocycles. The molecule has 188 valence electrons. The maximum Gasteiger partial charge on any atom is 0.249 e. The predicted octanol–water partition coefficient (Wildman–Crippen LogP) is 0.570. The number of hydrogen-bond donors (Lipinski definition) is 2. The predicted molar refractivity (Wildman–Crippen MR) is 128 cm³/mol. The molecular formula is C24H30N4O6S. The van der Waals surface area contributed by atoms with E-state index in [1.165, 1.54) is 16.9 Å². The number of hydrogen-bond acceptors (Lipinski definition) is 8. The van der Waals surface area contributed by atoms with Crippen LogP contribution in [0.4, 0.5) is 0 Å². The third kappa shape index (κ3) is 5.69. The molecule has 0 spiro atoms. The SMILES string of the molecule is COCC(=O)N1CCOCC1C(=O)N1C[C@H](O)C[C@H]1C(=O)NCc1ccc(-c2scnc2C)cc1. The summed E-state index contributed by atoms with van der Waals surface area (Å²) < 4.78 is 10.4. The highest BCUT2D eigenvalue weighted by Crippen LogP contribution is 2.27. The molecule has 3 heterocycles. The maximum atomic E-state index is 13.3. The zero-order chi connectivity index (χ0) is 24.9. The van der Waals surface area contributed by atoms with E-state index in [9.17, 15) is 19.5 Å². The minimum absolute atomic E-state index is 0.0304. The Bertz CT molecular complexity index is 1060. The van der Waals surface area contributed by atoms with Gasteiger partial charge in [0.1, 0.15) is 18.7 Å². The van der Waals surface area contributed by atoms with Gasteiger partial charge in [0.25, 0.3) is 0 Å². The van der Waals surface area contributed by atoms with E-state index < -0.39 is 24.1 Å². The number of carbonyl (C=O) groups excluding carboxylic acids is 3. The lowest BCUT2D eigenvalue weighted by atomic mass is 10.1. The molecule has 2 fully saturated rings. The van der Waals surface area contributed by atoms with E-state index in [2.05, 4.69) is 10.3 Å². The summed E-state index contributed by atoms with van der Waals surface area (Å²) in [5.74, 6) is -1.06. The molecule has 2 saturated heterocycles. The van der Waals surface area contributed by atoms with Gasteiger partial charge in [0.2, 0.25) is 17.7 Å². The molecule has 2 N–H and O–H groups in total. The molecule has 1 unspecified atom stereocenters. The van der Waals surface area contributed by atoms with Gasteiger partial charge in [-0.3, -0.25) is 14.4 Å². The molecule has 0 aliphatic carbocycles. The van der Waals surface area contributed by atoms with Gasteiger partial charge in [0.15, 0.2) is 0 Å². The van der Waals surface area contributed by atoms with Crippen LogP contribution in [0, 0.1) is 6.92 Å². The lowest BCUT2D eigenvalue weighted by Gasteiger charge is -2.37. The number of thiazole rings is 1. The number of β-amino-alcohol motifs (C(OH)–C–C–N with tert-alkyl or cyclic N) is 1. The van der Waals surface area contributed by atoms with Crippen molar-refractivity contribution in [1.82, 2.24) is 20.1 Å². The number of ether oxygens (including phenoxy) is 2. The zero-order valence-corrected chi connectivity index (χ0v) is 20.6. The van der Waals surface area contributed by atoms with Crippen molar-refractivity contribution < 1.29 is 29.0 Å². The fraction of sp³-hybridized carbons (Fsp3) is 0.500. The van der Waals surface area contributed by atoms with Crippen molar-refractivity contribution in [3.63, 3.8) is 0 Å². The normalized spacial score (nSPS) is 22.3. The quantitative estimate of drug-likeness (QED) is 0.568. The van der Waals surface area contributed by atoms with Gasteiger partial charge in [-0.15, -0.1) is 11.3 Å². The summed E-state index contributed by atoms with van der Waals surface area (Å²) in [7, 11) is 1.42. The molecule has 2 aliphatic heterocycles. The summed E-state index contributed by atoms with van der Waals surface area (Å²) in [6.45, 7) is 2.78. The number of likely N-dealkylation sites (tertiary alicyclic amines) is 1. The third-order valence-electron chi connectivity index (χ3n) is 6.29. The highest BCUT2D eigenvalue weighted by molar-refractivity contribution is 7.13. The average Bonchev–Trinajstić information content (AvgIpc) is 3.48. The van der Waals surface area contributed by atoms with Crippen molar-refractivity contribution in [2.75, 3.05) is 40.0 Å². The standard InChI is InChI=1S/C24H30N4O6S/c1-15-22(35-14-26-15)17-5-3-16(4-6-17)10-25-23(31)19-9-18(29)11-28(19)24(32)20-12-34-8-7-27(20)21(30)13-33-2/h3-6,14,18-20,29H,7-13H2,1-2H3,(H,25,31)/t18-,19+,20?/m1/s1. The van der Waals surface area contributed by atoms with Crippen molar-refractivity contribution in [3.8, 4) is 10.4 Å². The number of aromatic nitrogens is 1. The van der Waals surface area contributed by atoms with Crippen molar-refractivity contribution in [1.29, 1.82) is 0 Å². The number of aliphatic hydroxyl groups is 1. The van der Waals surface area contributed by atoms with Gasteiger partial charge in [-0.25, -0.2) is 4.98 Å². The summed E-state index contributed by atoms with van der Waals surface area (Å²) in [5.41, 5.74) is 4.77. The first kappa shape index (κ1) is 25.2. The van der Waals surface area contributed by atoms with E-state index in [0.717, 1.165) is 21.7 Å². The minimum atomic E-state index is -0.852. The van der Waals surface area contributed by atoms with E-state index >= 15 is 0 Å². The second-order valence-corrected chi connectivity index (χ2v) is 9.54. The van der Waals surface area contributed by atoms with Crippen LogP contribution in [-0.4, -0.2) is 95.8 Å². The zero-order valence-electron chi connectivity index (χ0n) is 19.8. The molecule has 10 nitrogen and oxygen atoms in total. The van der Waals surface area contributed by atoms with Crippen LogP contribution in [0.5, 0.6) is 0 Å². The van der Waals surface area contributed by atoms with Crippen LogP contribution in [0.25, 0.3) is 10.4 Å². The molecule has 1 aromatic carbocycles. The molecular weight excluding hydrogens is 472 g/mol. The monoisotopic (exact) mass is 502 g/mol. The third-order valence-corrected chi connectivity index (χ3v) is 7.27. The van der Waals surface area contributed by atoms with E-state index in [0.29, 0.717) is 13.2 Å². The highest BCUT2D eigenvalue weighted by Gasteiger charge is 2.44.